The second-order valence-corrected chi connectivity index (χ2v) is 10.2. The van der Waals surface area contributed by atoms with Crippen molar-refractivity contribution in [3.8, 4) is 16.9 Å². The molecule has 0 bridgehead atoms. The van der Waals surface area contributed by atoms with Crippen molar-refractivity contribution in [3.63, 3.8) is 0 Å². The van der Waals surface area contributed by atoms with E-state index >= 15 is 0 Å². The van der Waals surface area contributed by atoms with Gasteiger partial charge in [-0.3, -0.25) is 0 Å². The lowest BCUT2D eigenvalue weighted by Crippen LogP contribution is -2.06. The first kappa shape index (κ1) is 23.5. The first-order valence-corrected chi connectivity index (χ1v) is 12.9. The molecule has 0 unspecified atom stereocenters. The SMILES string of the molecule is CCCCc1nc2ccc(S(C)(=O)=O)cc2n1Cc1ccc(-c2ccccc2OC(=O)O)cc1. The third-order valence-electron chi connectivity index (χ3n) is 5.67. The predicted octanol–water partition coefficient (Wildman–Crippen LogP) is 5.55. The number of rotatable bonds is 8. The minimum Gasteiger partial charge on any atom is -0.449 e. The molecule has 0 saturated heterocycles. The molecular weight excluding hydrogens is 452 g/mol. The van der Waals surface area contributed by atoms with Gasteiger partial charge in [0.2, 0.25) is 0 Å². The second kappa shape index (κ2) is 9.69. The van der Waals surface area contributed by atoms with Crippen LogP contribution in [0, 0.1) is 0 Å². The summed E-state index contributed by atoms with van der Waals surface area (Å²) in [6, 6.07) is 19.8. The number of aromatic nitrogens is 2. The van der Waals surface area contributed by atoms with Gasteiger partial charge in [-0.15, -0.1) is 0 Å². The Balaban J connectivity index is 1.70. The Labute approximate surface area is 198 Å². The molecule has 0 atom stereocenters. The molecule has 34 heavy (non-hydrogen) atoms. The number of unbranched alkanes of at least 4 members (excludes halogenated alkanes) is 1. The molecular formula is C26H26N2O5S. The number of para-hydroxylation sites is 1. The zero-order valence-electron chi connectivity index (χ0n) is 19.1. The molecule has 0 aliphatic carbocycles. The maximum absolute atomic E-state index is 12.1. The standard InChI is InChI=1S/C26H26N2O5S/c1-3-4-9-25-27-22-15-14-20(34(2,31)32)16-23(22)28(25)17-18-10-12-19(13-11-18)21-7-5-6-8-24(21)33-26(29)30/h5-8,10-16H,3-4,9,17H2,1-2H3,(H,29,30). The molecule has 1 aromatic heterocycles. The monoisotopic (exact) mass is 478 g/mol. The van der Waals surface area contributed by atoms with Crippen LogP contribution in [0.2, 0.25) is 0 Å². The van der Waals surface area contributed by atoms with Crippen LogP contribution in [0.3, 0.4) is 0 Å². The molecule has 0 aliphatic heterocycles. The van der Waals surface area contributed by atoms with Gasteiger partial charge >= 0.3 is 6.16 Å². The van der Waals surface area contributed by atoms with Gasteiger partial charge in [0, 0.05) is 24.8 Å². The number of benzene rings is 3. The quantitative estimate of drug-likeness (QED) is 0.263. The van der Waals surface area contributed by atoms with E-state index in [-0.39, 0.29) is 10.6 Å². The third-order valence-corrected chi connectivity index (χ3v) is 6.78. The van der Waals surface area contributed by atoms with Crippen molar-refractivity contribution in [2.24, 2.45) is 0 Å². The molecule has 176 valence electrons. The second-order valence-electron chi connectivity index (χ2n) is 8.20. The molecule has 1 heterocycles. The molecule has 7 nitrogen and oxygen atoms in total. The van der Waals surface area contributed by atoms with E-state index < -0.39 is 16.0 Å². The number of imidazole rings is 1. The summed E-state index contributed by atoms with van der Waals surface area (Å²) in [5.74, 6) is 1.20. The highest BCUT2D eigenvalue weighted by Gasteiger charge is 2.15. The van der Waals surface area contributed by atoms with Gasteiger partial charge in [-0.2, -0.15) is 0 Å². The highest BCUT2D eigenvalue weighted by molar-refractivity contribution is 7.90. The molecule has 0 radical (unpaired) electrons. The Morgan fingerprint density at radius 3 is 2.47 bits per heavy atom. The average Bonchev–Trinajstić information content (AvgIpc) is 3.14. The van der Waals surface area contributed by atoms with Crippen molar-refractivity contribution in [2.75, 3.05) is 6.26 Å². The number of hydrogen-bond acceptors (Lipinski definition) is 5. The van der Waals surface area contributed by atoms with Crippen LogP contribution in [0.15, 0.2) is 71.6 Å². The van der Waals surface area contributed by atoms with Crippen molar-refractivity contribution in [3.05, 3.63) is 78.1 Å². The van der Waals surface area contributed by atoms with E-state index in [0.717, 1.165) is 47.2 Å². The number of hydrogen-bond donors (Lipinski definition) is 1. The number of fused-ring (bicyclic) bond motifs is 1. The van der Waals surface area contributed by atoms with Crippen LogP contribution < -0.4 is 4.74 Å². The van der Waals surface area contributed by atoms with E-state index in [0.29, 0.717) is 12.1 Å². The summed E-state index contributed by atoms with van der Waals surface area (Å²) in [5.41, 5.74) is 4.10. The average molecular weight is 479 g/mol. The normalized spacial score (nSPS) is 11.6. The Hall–Kier alpha value is -3.65. The lowest BCUT2D eigenvalue weighted by Gasteiger charge is -2.12. The number of nitrogens with zero attached hydrogens (tertiary/aromatic N) is 2. The van der Waals surface area contributed by atoms with E-state index in [1.165, 1.54) is 6.26 Å². The van der Waals surface area contributed by atoms with Crippen molar-refractivity contribution < 1.29 is 23.1 Å². The van der Waals surface area contributed by atoms with Crippen LogP contribution in [-0.4, -0.2) is 35.5 Å². The fourth-order valence-corrected chi connectivity index (χ4v) is 4.59. The van der Waals surface area contributed by atoms with Gasteiger partial charge in [0.15, 0.2) is 9.84 Å². The van der Waals surface area contributed by atoms with Gasteiger partial charge in [-0.25, -0.2) is 18.2 Å². The van der Waals surface area contributed by atoms with Crippen molar-refractivity contribution in [1.82, 2.24) is 9.55 Å². The summed E-state index contributed by atoms with van der Waals surface area (Å²) in [7, 11) is -3.34. The molecule has 0 spiro atoms. The summed E-state index contributed by atoms with van der Waals surface area (Å²) >= 11 is 0. The van der Waals surface area contributed by atoms with Crippen LogP contribution in [-0.2, 0) is 22.8 Å². The first-order valence-electron chi connectivity index (χ1n) is 11.0. The van der Waals surface area contributed by atoms with Crippen LogP contribution >= 0.6 is 0 Å². The van der Waals surface area contributed by atoms with Crippen LogP contribution in [0.1, 0.15) is 31.2 Å². The molecule has 0 amide bonds. The van der Waals surface area contributed by atoms with E-state index in [1.807, 2.05) is 36.4 Å². The lowest BCUT2D eigenvalue weighted by atomic mass is 10.0. The molecule has 8 heteroatoms. The van der Waals surface area contributed by atoms with Crippen LogP contribution in [0.4, 0.5) is 4.79 Å². The molecule has 0 aliphatic rings. The van der Waals surface area contributed by atoms with E-state index in [1.54, 1.807) is 30.3 Å². The highest BCUT2D eigenvalue weighted by Crippen LogP contribution is 2.30. The maximum Gasteiger partial charge on any atom is 0.511 e. The van der Waals surface area contributed by atoms with Crippen molar-refractivity contribution in [1.29, 1.82) is 0 Å². The zero-order valence-corrected chi connectivity index (χ0v) is 19.9. The molecule has 4 rings (SSSR count). The molecule has 3 aromatic carbocycles. The largest absolute Gasteiger partial charge is 0.511 e. The number of carbonyl (C=O) groups is 1. The maximum atomic E-state index is 12.1. The summed E-state index contributed by atoms with van der Waals surface area (Å²) in [5, 5.41) is 9.00. The fraction of sp³-hybridized carbons (Fsp3) is 0.231. The molecule has 4 aromatic rings. The van der Waals surface area contributed by atoms with Gasteiger partial charge in [0.1, 0.15) is 11.6 Å². The van der Waals surface area contributed by atoms with Crippen LogP contribution in [0.5, 0.6) is 5.75 Å². The first-order chi connectivity index (χ1) is 16.3. The minimum absolute atomic E-state index is 0.272. The number of sulfone groups is 1. The van der Waals surface area contributed by atoms with Crippen LogP contribution in [0.25, 0.3) is 22.2 Å². The van der Waals surface area contributed by atoms with Crippen molar-refractivity contribution >= 4 is 27.0 Å². The molecule has 0 saturated carbocycles. The summed E-state index contributed by atoms with van der Waals surface area (Å²) in [4.78, 5) is 16.1. The van der Waals surface area contributed by atoms with E-state index in [9.17, 15) is 13.2 Å². The van der Waals surface area contributed by atoms with Gasteiger partial charge in [0.25, 0.3) is 0 Å². The number of carboxylic acid groups (broad SMARTS) is 1. The van der Waals surface area contributed by atoms with E-state index in [2.05, 4.69) is 11.5 Å². The van der Waals surface area contributed by atoms with E-state index in [4.69, 9.17) is 14.8 Å². The lowest BCUT2D eigenvalue weighted by molar-refractivity contribution is 0.144. The molecule has 0 fully saturated rings. The third kappa shape index (κ3) is 5.12. The number of aryl methyl sites for hydroxylation is 1. The Kier molecular flexibility index (Phi) is 6.70. The number of ether oxygens (including phenoxy) is 1. The fourth-order valence-electron chi connectivity index (χ4n) is 3.95. The Bertz CT molecular complexity index is 1440. The summed E-state index contributed by atoms with van der Waals surface area (Å²) in [6.07, 6.45) is 2.67. The molecule has 1 N–H and O–H groups in total. The Morgan fingerprint density at radius 2 is 1.79 bits per heavy atom. The van der Waals surface area contributed by atoms with Gasteiger partial charge in [-0.1, -0.05) is 55.8 Å². The summed E-state index contributed by atoms with van der Waals surface area (Å²) < 4.78 is 31.2. The minimum atomic E-state index is -3.34. The topological polar surface area (TPSA) is 98.5 Å². The van der Waals surface area contributed by atoms with Gasteiger partial charge in [-0.05, 0) is 41.8 Å². The Morgan fingerprint density at radius 1 is 1.06 bits per heavy atom. The predicted molar refractivity (Wildman–Crippen MR) is 131 cm³/mol. The highest BCUT2D eigenvalue weighted by atomic mass is 32.2. The van der Waals surface area contributed by atoms with Crippen molar-refractivity contribution in [2.45, 2.75) is 37.6 Å². The smallest absolute Gasteiger partial charge is 0.449 e. The van der Waals surface area contributed by atoms with Gasteiger partial charge in [0.05, 0.1) is 15.9 Å². The zero-order chi connectivity index (χ0) is 24.3. The van der Waals surface area contributed by atoms with Gasteiger partial charge < -0.3 is 14.4 Å². The summed E-state index contributed by atoms with van der Waals surface area (Å²) in [6.45, 7) is 2.66.